The van der Waals surface area contributed by atoms with Gasteiger partial charge in [-0.25, -0.2) is 0 Å². The number of carbonyl (C=O) groups excluding carboxylic acids is 1. The number of alkyl halides is 4. The van der Waals surface area contributed by atoms with E-state index in [0.29, 0.717) is 28.8 Å². The van der Waals surface area contributed by atoms with Crippen LogP contribution in [0.4, 0.5) is 31.2 Å². The first kappa shape index (κ1) is 27.6. The minimum absolute atomic E-state index is 0.0473. The number of hydrogen-bond donors (Lipinski definition) is 4. The van der Waals surface area contributed by atoms with Crippen molar-refractivity contribution in [2.24, 2.45) is 0 Å². The van der Waals surface area contributed by atoms with Gasteiger partial charge in [-0.2, -0.15) is 5.26 Å². The van der Waals surface area contributed by atoms with E-state index in [1.165, 1.54) is 5.56 Å². The number of anilines is 3. The fraction of sp³-hybridized carbons (Fsp3) is 0.464. The number of amides is 2. The van der Waals surface area contributed by atoms with Gasteiger partial charge in [0.15, 0.2) is 0 Å². The van der Waals surface area contributed by atoms with Crippen LogP contribution in [-0.2, 0) is 12.8 Å². The number of nitrogens with one attached hydrogen (secondary N) is 4. The summed E-state index contributed by atoms with van der Waals surface area (Å²) in [4.78, 5) is 21.9. The predicted octanol–water partition coefficient (Wildman–Crippen LogP) is 4.81. The number of hydrogen-bond acceptors (Lipinski definition) is 7. The predicted molar refractivity (Wildman–Crippen MR) is 160 cm³/mol. The maximum absolute atomic E-state index is 13.2. The Hall–Kier alpha value is -3.54. The molecule has 1 aromatic carbocycles. The molecule has 3 aromatic rings. The molecule has 3 aliphatic rings. The number of carbonyl (C=O) groups is 1. The number of aromatic nitrogens is 4. The van der Waals surface area contributed by atoms with Crippen molar-refractivity contribution in [3.8, 4) is 6.07 Å². The van der Waals surface area contributed by atoms with E-state index < -0.39 is 26.0 Å². The topological polar surface area (TPSA) is 135 Å². The molecule has 2 aliphatic carbocycles. The van der Waals surface area contributed by atoms with Gasteiger partial charge >= 0.3 is 240 Å². The number of nitriles is 1. The van der Waals surface area contributed by atoms with Crippen LogP contribution in [-0.4, -0.2) is 60.1 Å². The Morgan fingerprint density at radius 3 is 2.61 bits per heavy atom. The number of urea groups is 1. The van der Waals surface area contributed by atoms with E-state index in [2.05, 4.69) is 45.3 Å². The Balaban J connectivity index is 0.964. The van der Waals surface area contributed by atoms with Crippen LogP contribution in [0.15, 0.2) is 36.5 Å². The van der Waals surface area contributed by atoms with Crippen LogP contribution in [0.25, 0.3) is 0 Å². The van der Waals surface area contributed by atoms with Crippen LogP contribution >= 0.6 is 20.1 Å². The molecule has 1 aliphatic heterocycles. The molecule has 2 fully saturated rings. The second kappa shape index (κ2) is 11.4. The molecular weight excluding hydrogens is 643 g/mol. The number of halogens is 3. The SMILES string of the molecule is CN(c1nccc(Nc2cc(C3CC(F)(F)C3)[nH]n2)n1)I1CCC(NC(=O)NC2Cc3ccc(C#N)cc3C2)CC1. The molecule has 4 N–H and O–H groups in total. The van der Waals surface area contributed by atoms with Crippen molar-refractivity contribution in [1.29, 1.82) is 5.26 Å². The number of nitrogens with zero attached hydrogens (tertiary/aromatic N) is 5. The summed E-state index contributed by atoms with van der Waals surface area (Å²) >= 11 is -1.55. The normalized spacial score (nSPS) is 20.9. The van der Waals surface area contributed by atoms with Gasteiger partial charge in [-0.3, -0.25) is 0 Å². The van der Waals surface area contributed by atoms with Gasteiger partial charge in [0.05, 0.1) is 0 Å². The van der Waals surface area contributed by atoms with Crippen molar-refractivity contribution >= 4 is 43.7 Å². The van der Waals surface area contributed by atoms with Crippen LogP contribution < -0.4 is 19.1 Å². The monoisotopic (exact) mass is 675 g/mol. The van der Waals surface area contributed by atoms with Gasteiger partial charge in [0.2, 0.25) is 0 Å². The zero-order valence-electron chi connectivity index (χ0n) is 22.6. The summed E-state index contributed by atoms with van der Waals surface area (Å²) < 4.78 is 30.8. The van der Waals surface area contributed by atoms with Crippen molar-refractivity contribution in [1.82, 2.24) is 30.8 Å². The van der Waals surface area contributed by atoms with Crippen molar-refractivity contribution in [2.75, 3.05) is 24.3 Å². The Kier molecular flexibility index (Phi) is 7.67. The van der Waals surface area contributed by atoms with Gasteiger partial charge in [-0.05, 0) is 0 Å². The molecule has 13 heteroatoms. The minimum atomic E-state index is -2.57. The average Bonchev–Trinajstić information content (AvgIpc) is 3.57. The molecular formula is C28H32F2IN9O. The molecule has 2 amide bonds. The Bertz CT molecular complexity index is 1460. The molecule has 1 unspecified atom stereocenters. The molecule has 0 spiro atoms. The Morgan fingerprint density at radius 2 is 1.85 bits per heavy atom. The molecule has 6 rings (SSSR count). The van der Waals surface area contributed by atoms with Gasteiger partial charge in [0.25, 0.3) is 0 Å². The van der Waals surface area contributed by atoms with Crippen molar-refractivity contribution < 1.29 is 13.6 Å². The van der Waals surface area contributed by atoms with E-state index >= 15 is 0 Å². The van der Waals surface area contributed by atoms with E-state index in [1.807, 2.05) is 25.2 Å². The molecule has 41 heavy (non-hydrogen) atoms. The number of aromatic amines is 1. The summed E-state index contributed by atoms with van der Waals surface area (Å²) in [6.45, 7) is 0. The summed E-state index contributed by atoms with van der Waals surface area (Å²) in [5.41, 5.74) is 3.70. The van der Waals surface area contributed by atoms with E-state index in [9.17, 15) is 13.6 Å². The summed E-state index contributed by atoms with van der Waals surface area (Å²) in [5, 5.41) is 25.6. The number of H-pyrrole nitrogens is 1. The van der Waals surface area contributed by atoms with Gasteiger partial charge in [0, 0.05) is 0 Å². The first-order chi connectivity index (χ1) is 19.7. The van der Waals surface area contributed by atoms with E-state index in [0.717, 1.165) is 40.1 Å². The van der Waals surface area contributed by atoms with Crippen LogP contribution in [0, 0.1) is 11.3 Å². The van der Waals surface area contributed by atoms with Crippen LogP contribution in [0.3, 0.4) is 0 Å². The zero-order valence-corrected chi connectivity index (χ0v) is 24.8. The van der Waals surface area contributed by atoms with Crippen molar-refractivity contribution in [3.63, 3.8) is 0 Å². The number of benzene rings is 1. The fourth-order valence-corrected chi connectivity index (χ4v) is 11.4. The molecule has 2 aromatic heterocycles. The summed E-state index contributed by atoms with van der Waals surface area (Å²) in [5.74, 6) is -0.977. The molecule has 216 valence electrons. The first-order valence-electron chi connectivity index (χ1n) is 13.7. The average molecular weight is 676 g/mol. The molecule has 0 bridgehead atoms. The number of rotatable bonds is 7. The third-order valence-electron chi connectivity index (χ3n) is 7.95. The second-order valence-electron chi connectivity index (χ2n) is 10.9. The van der Waals surface area contributed by atoms with E-state index in [4.69, 9.17) is 5.26 Å². The second-order valence-corrected chi connectivity index (χ2v) is 17.0. The molecule has 1 saturated heterocycles. The van der Waals surface area contributed by atoms with Crippen molar-refractivity contribution in [3.05, 3.63) is 58.9 Å². The van der Waals surface area contributed by atoms with Crippen molar-refractivity contribution in [2.45, 2.75) is 62.4 Å². The van der Waals surface area contributed by atoms with Gasteiger partial charge < -0.3 is 0 Å². The molecule has 3 heterocycles. The first-order valence-corrected chi connectivity index (χ1v) is 17.7. The summed E-state index contributed by atoms with van der Waals surface area (Å²) in [6.07, 6.45) is 4.79. The zero-order chi connectivity index (χ0) is 28.6. The molecule has 1 atom stereocenters. The third-order valence-corrected chi connectivity index (χ3v) is 14.2. The third kappa shape index (κ3) is 6.37. The van der Waals surface area contributed by atoms with E-state index in [-0.39, 0.29) is 36.9 Å². The Morgan fingerprint density at radius 1 is 1.10 bits per heavy atom. The molecule has 0 radical (unpaired) electrons. The quantitative estimate of drug-likeness (QED) is 0.160. The maximum atomic E-state index is 13.2. The van der Waals surface area contributed by atoms with Gasteiger partial charge in [0.1, 0.15) is 0 Å². The molecule has 10 nitrogen and oxygen atoms in total. The van der Waals surface area contributed by atoms with Crippen LogP contribution in [0.2, 0.25) is 0 Å². The van der Waals surface area contributed by atoms with E-state index in [1.54, 1.807) is 18.3 Å². The van der Waals surface area contributed by atoms with Crippen LogP contribution in [0.1, 0.15) is 54.0 Å². The number of fused-ring (bicyclic) bond motifs is 1. The van der Waals surface area contributed by atoms with Crippen LogP contribution in [0.5, 0.6) is 0 Å². The standard InChI is InChI=1S/C28H32F2IN9O/c1-40(26-33-9-6-24(37-26)36-25-13-23(38-39-25)20-14-28(29,30)15-20)31-7-4-21(5-8-31)34-27(41)35-22-11-18-3-2-17(16-32)10-19(18)12-22/h2-3,6,9-10,13,20-22H,4-5,7-8,11-12,14-15H2,1H3,(H2,34,35,41)(H2,33,36,37,38,39). The molecule has 1 saturated carbocycles. The fourth-order valence-electron chi connectivity index (χ4n) is 5.65. The van der Waals surface area contributed by atoms with Gasteiger partial charge in [-0.1, -0.05) is 0 Å². The Labute approximate surface area is 244 Å². The summed E-state index contributed by atoms with van der Waals surface area (Å²) in [7, 11) is 2.04. The summed E-state index contributed by atoms with van der Waals surface area (Å²) in [6, 6.07) is 11.5. The van der Waals surface area contributed by atoms with Gasteiger partial charge in [-0.15, -0.1) is 0 Å².